The van der Waals surface area contributed by atoms with Gasteiger partial charge in [-0.2, -0.15) is 0 Å². The quantitative estimate of drug-likeness (QED) is 0.236. The first-order valence-corrected chi connectivity index (χ1v) is 16.0. The number of fused-ring (bicyclic) bond motifs is 1. The Balaban J connectivity index is 1.52. The van der Waals surface area contributed by atoms with Crippen molar-refractivity contribution in [1.29, 1.82) is 0 Å². The maximum atomic E-state index is 14.4. The molecule has 0 bridgehead atoms. The summed E-state index contributed by atoms with van der Waals surface area (Å²) < 4.78 is 31.1. The van der Waals surface area contributed by atoms with Crippen molar-refractivity contribution >= 4 is 17.6 Å². The second-order valence-corrected chi connectivity index (χ2v) is 12.1. The molecule has 46 heavy (non-hydrogen) atoms. The van der Waals surface area contributed by atoms with Crippen LogP contribution in [0.15, 0.2) is 48.9 Å². The third-order valence-electron chi connectivity index (χ3n) is 9.12. The number of amides is 1. The van der Waals surface area contributed by atoms with Gasteiger partial charge in [0.25, 0.3) is 0 Å². The second kappa shape index (κ2) is 14.9. The fraction of sp³-hybridized carbons (Fsp3) is 0.486. The van der Waals surface area contributed by atoms with Gasteiger partial charge in [-0.1, -0.05) is 26.7 Å². The van der Waals surface area contributed by atoms with Gasteiger partial charge >= 0.3 is 5.97 Å². The normalized spacial score (nSPS) is 19.0. The van der Waals surface area contributed by atoms with Gasteiger partial charge in [0.1, 0.15) is 12.1 Å². The molecule has 11 heteroatoms. The van der Waals surface area contributed by atoms with Crippen LogP contribution in [0.25, 0.3) is 0 Å². The molecule has 3 heterocycles. The highest BCUT2D eigenvalue weighted by molar-refractivity contribution is 5.95. The molecule has 0 radical (unpaired) electrons. The van der Waals surface area contributed by atoms with Crippen LogP contribution < -0.4 is 19.1 Å². The van der Waals surface area contributed by atoms with E-state index in [1.807, 2.05) is 28.0 Å². The van der Waals surface area contributed by atoms with Gasteiger partial charge in [-0.15, -0.1) is 0 Å². The molecule has 1 saturated heterocycles. The van der Waals surface area contributed by atoms with Gasteiger partial charge < -0.3 is 24.2 Å². The molecule has 1 amide bonds. The van der Waals surface area contributed by atoms with Crippen LogP contribution >= 0.6 is 0 Å². The van der Waals surface area contributed by atoms with Crippen LogP contribution in [-0.2, 0) is 16.0 Å². The highest BCUT2D eigenvalue weighted by Gasteiger charge is 2.48. The number of hydrogen-bond donors (Lipinski definition) is 1. The number of rotatable bonds is 14. The number of carbonyl (C=O) groups is 2. The number of aromatic nitrogens is 2. The minimum atomic E-state index is -0.940. The summed E-state index contributed by atoms with van der Waals surface area (Å²) in [6.45, 7) is 6.28. The van der Waals surface area contributed by atoms with E-state index in [0.29, 0.717) is 47.9 Å². The Morgan fingerprint density at radius 3 is 2.59 bits per heavy atom. The minimum Gasteiger partial charge on any atom is -0.493 e. The fourth-order valence-electron chi connectivity index (χ4n) is 6.97. The number of methoxy groups -OCH3 is 1. The zero-order valence-electron chi connectivity index (χ0n) is 26.9. The molecule has 0 aliphatic carbocycles. The summed E-state index contributed by atoms with van der Waals surface area (Å²) in [6.07, 6.45) is 7.50. The molecule has 1 fully saturated rings. The van der Waals surface area contributed by atoms with Crippen molar-refractivity contribution in [3.8, 4) is 17.2 Å². The molecule has 3 aromatic rings. The Morgan fingerprint density at radius 1 is 1.15 bits per heavy atom. The molecule has 2 aliphatic heterocycles. The third kappa shape index (κ3) is 7.09. The lowest BCUT2D eigenvalue weighted by molar-refractivity contribution is -0.143. The highest BCUT2D eigenvalue weighted by atomic mass is 19.1. The molecule has 0 saturated carbocycles. The van der Waals surface area contributed by atoms with Gasteiger partial charge in [-0.3, -0.25) is 14.5 Å². The number of nitrogens with zero attached hydrogens (tertiary/aromatic N) is 4. The average Bonchev–Trinajstić information content (AvgIpc) is 3.67. The van der Waals surface area contributed by atoms with E-state index in [1.165, 1.54) is 19.5 Å². The zero-order chi connectivity index (χ0) is 32.8. The molecular formula is C35H43FN4O6. The summed E-state index contributed by atoms with van der Waals surface area (Å²) >= 11 is 0. The number of ether oxygens (including phenoxy) is 3. The number of aliphatic carboxylic acids is 1. The van der Waals surface area contributed by atoms with Crippen LogP contribution in [0.5, 0.6) is 17.2 Å². The molecule has 246 valence electrons. The van der Waals surface area contributed by atoms with E-state index in [9.17, 15) is 19.1 Å². The lowest BCUT2D eigenvalue weighted by Gasteiger charge is -2.35. The average molecular weight is 635 g/mol. The number of aryl methyl sites for hydroxylation is 2. The molecule has 10 nitrogen and oxygen atoms in total. The smallest absolute Gasteiger partial charge is 0.308 e. The van der Waals surface area contributed by atoms with Gasteiger partial charge in [0.2, 0.25) is 18.4 Å². The Labute approximate surface area is 269 Å². The molecule has 1 N–H and O–H groups in total. The monoisotopic (exact) mass is 634 g/mol. The Hall–Kier alpha value is -4.25. The van der Waals surface area contributed by atoms with E-state index in [4.69, 9.17) is 14.2 Å². The zero-order valence-corrected chi connectivity index (χ0v) is 26.9. The Morgan fingerprint density at radius 2 is 1.93 bits per heavy atom. The van der Waals surface area contributed by atoms with Crippen LogP contribution in [0.1, 0.15) is 68.7 Å². The number of anilines is 1. The Bertz CT molecular complexity index is 1520. The summed E-state index contributed by atoms with van der Waals surface area (Å²) in [7, 11) is 1.54. The number of benzene rings is 2. The van der Waals surface area contributed by atoms with Crippen molar-refractivity contribution in [3.63, 3.8) is 0 Å². The van der Waals surface area contributed by atoms with Gasteiger partial charge in [0.05, 0.1) is 19.6 Å². The lowest BCUT2D eigenvalue weighted by Crippen LogP contribution is -2.48. The highest BCUT2D eigenvalue weighted by Crippen LogP contribution is 2.47. The van der Waals surface area contributed by atoms with E-state index >= 15 is 0 Å². The molecule has 5 rings (SSSR count). The van der Waals surface area contributed by atoms with Crippen LogP contribution in [0, 0.1) is 18.7 Å². The number of carbonyl (C=O) groups excluding carboxylic acids is 1. The predicted molar refractivity (Wildman–Crippen MR) is 171 cm³/mol. The van der Waals surface area contributed by atoms with E-state index in [1.54, 1.807) is 25.3 Å². The van der Waals surface area contributed by atoms with Gasteiger partial charge in [-0.25, -0.2) is 14.4 Å². The maximum Gasteiger partial charge on any atom is 0.308 e. The summed E-state index contributed by atoms with van der Waals surface area (Å²) in [5.74, 6) is -1.20. The van der Waals surface area contributed by atoms with Crippen molar-refractivity contribution in [2.45, 2.75) is 77.3 Å². The molecule has 0 spiro atoms. The largest absolute Gasteiger partial charge is 0.493 e. The van der Waals surface area contributed by atoms with Gasteiger partial charge in [0.15, 0.2) is 11.5 Å². The molecular weight excluding hydrogens is 591 g/mol. The number of halogens is 1. The van der Waals surface area contributed by atoms with Crippen LogP contribution in [-0.4, -0.2) is 70.9 Å². The predicted octanol–water partition coefficient (Wildman–Crippen LogP) is 5.76. The molecule has 3 unspecified atom stereocenters. The topological polar surface area (TPSA) is 114 Å². The van der Waals surface area contributed by atoms with Crippen molar-refractivity contribution in [3.05, 3.63) is 71.6 Å². The third-order valence-corrected chi connectivity index (χ3v) is 9.12. The van der Waals surface area contributed by atoms with Crippen molar-refractivity contribution < 1.29 is 33.3 Å². The van der Waals surface area contributed by atoms with E-state index in [-0.39, 0.29) is 31.1 Å². The van der Waals surface area contributed by atoms with E-state index in [0.717, 1.165) is 36.9 Å². The van der Waals surface area contributed by atoms with Crippen LogP contribution in [0.2, 0.25) is 0 Å². The number of carboxylic acid groups (broad SMARTS) is 1. The van der Waals surface area contributed by atoms with E-state index in [2.05, 4.69) is 23.8 Å². The summed E-state index contributed by atoms with van der Waals surface area (Å²) in [5, 5.41) is 10.7. The SMILES string of the molecule is CCCC(CCC)N(C(=O)CN1CC(c2cc(OC)c3c(c2)OCO3)C(C(=O)O)C1CCc1ccncn1)c1ccc(F)c(C)c1. The molecule has 2 aromatic carbocycles. The van der Waals surface area contributed by atoms with E-state index < -0.39 is 23.8 Å². The van der Waals surface area contributed by atoms with Crippen molar-refractivity contribution in [2.24, 2.45) is 5.92 Å². The summed E-state index contributed by atoms with van der Waals surface area (Å²) in [5.41, 5.74) is 2.66. The first kappa shape index (κ1) is 33.1. The van der Waals surface area contributed by atoms with Crippen LogP contribution in [0.4, 0.5) is 10.1 Å². The fourth-order valence-corrected chi connectivity index (χ4v) is 6.97. The Kier molecular flexibility index (Phi) is 10.7. The number of carboxylic acids is 1. The summed E-state index contributed by atoms with van der Waals surface area (Å²) in [6, 6.07) is 9.71. The first-order chi connectivity index (χ1) is 22.2. The van der Waals surface area contributed by atoms with Crippen molar-refractivity contribution in [2.75, 3.05) is 31.9 Å². The molecule has 2 aliphatic rings. The second-order valence-electron chi connectivity index (χ2n) is 12.1. The summed E-state index contributed by atoms with van der Waals surface area (Å²) in [4.78, 5) is 39.7. The minimum absolute atomic E-state index is 0.0107. The standard InChI is InChI=1S/C35H43FN4O6/c1-5-7-25(8-6-2)40(26-10-11-28(36)22(3)15-26)32(41)19-39-18-27(23-16-30(44-4)34-31(17-23)45-21-46-34)33(35(42)43)29(39)12-9-24-13-14-37-20-38-24/h10-11,13-17,20,25,27,29,33H,5-9,12,18-19,21H2,1-4H3,(H,42,43). The van der Waals surface area contributed by atoms with Gasteiger partial charge in [-0.05, 0) is 80.1 Å². The number of hydrogen-bond acceptors (Lipinski definition) is 8. The van der Waals surface area contributed by atoms with Gasteiger partial charge in [0, 0.05) is 42.1 Å². The van der Waals surface area contributed by atoms with Crippen LogP contribution in [0.3, 0.4) is 0 Å². The maximum absolute atomic E-state index is 14.4. The van der Waals surface area contributed by atoms with Crippen molar-refractivity contribution in [1.82, 2.24) is 14.9 Å². The molecule has 3 atom stereocenters. The number of likely N-dealkylation sites (tertiary alicyclic amines) is 1. The lowest BCUT2D eigenvalue weighted by atomic mass is 9.83. The first-order valence-electron chi connectivity index (χ1n) is 16.0. The molecule has 1 aromatic heterocycles.